The van der Waals surface area contributed by atoms with E-state index in [4.69, 9.17) is 11.6 Å². The topological polar surface area (TPSA) is 58.4 Å². The highest BCUT2D eigenvalue weighted by molar-refractivity contribution is 6.30. The van der Waals surface area contributed by atoms with Gasteiger partial charge in [-0.15, -0.1) is 0 Å². The lowest BCUT2D eigenvalue weighted by atomic mass is 9.89. The fourth-order valence-electron chi connectivity index (χ4n) is 2.72. The van der Waals surface area contributed by atoms with Crippen molar-refractivity contribution in [2.24, 2.45) is 5.92 Å². The van der Waals surface area contributed by atoms with Crippen molar-refractivity contribution in [1.29, 1.82) is 0 Å². The summed E-state index contributed by atoms with van der Waals surface area (Å²) in [5.74, 6) is 0.437. The molecular weight excluding hydrogens is 278 g/mol. The Kier molecular flexibility index (Phi) is 4.50. The third-order valence-electron chi connectivity index (χ3n) is 4.11. The number of halogens is 1. The van der Waals surface area contributed by atoms with E-state index in [1.165, 1.54) is 6.07 Å². The molecular formula is C14H20ClN3O2. The predicted molar refractivity (Wildman–Crippen MR) is 81.4 cm³/mol. The number of nitro benzene ring substituents is 1. The lowest BCUT2D eigenvalue weighted by Gasteiger charge is -2.40. The molecule has 3 unspecified atom stereocenters. The maximum Gasteiger partial charge on any atom is 0.293 e. The van der Waals surface area contributed by atoms with Crippen molar-refractivity contribution in [2.75, 3.05) is 18.9 Å². The molecule has 0 spiro atoms. The molecule has 0 amide bonds. The number of rotatable bonds is 3. The fourth-order valence-corrected chi connectivity index (χ4v) is 2.89. The van der Waals surface area contributed by atoms with Crippen LogP contribution in [-0.2, 0) is 0 Å². The molecule has 0 radical (unpaired) electrons. The molecule has 0 bridgehead atoms. The van der Waals surface area contributed by atoms with E-state index in [0.717, 1.165) is 13.0 Å². The second-order valence-electron chi connectivity index (χ2n) is 5.67. The Hall–Kier alpha value is -1.33. The fraction of sp³-hybridized carbons (Fsp3) is 0.571. The first-order chi connectivity index (χ1) is 9.38. The zero-order valence-electron chi connectivity index (χ0n) is 12.0. The Morgan fingerprint density at radius 2 is 2.15 bits per heavy atom. The quantitative estimate of drug-likeness (QED) is 0.686. The second kappa shape index (κ2) is 5.97. The highest BCUT2D eigenvalue weighted by Crippen LogP contribution is 2.31. The van der Waals surface area contributed by atoms with Crippen molar-refractivity contribution >= 4 is 23.0 Å². The van der Waals surface area contributed by atoms with E-state index in [0.29, 0.717) is 22.7 Å². The number of anilines is 1. The van der Waals surface area contributed by atoms with E-state index in [1.807, 2.05) is 0 Å². The molecule has 1 aromatic rings. The van der Waals surface area contributed by atoms with E-state index in [-0.39, 0.29) is 11.7 Å². The van der Waals surface area contributed by atoms with Crippen LogP contribution in [0.15, 0.2) is 18.2 Å². The normalized spacial score (nSPS) is 27.3. The van der Waals surface area contributed by atoms with Gasteiger partial charge in [0.1, 0.15) is 5.69 Å². The lowest BCUT2D eigenvalue weighted by molar-refractivity contribution is -0.384. The summed E-state index contributed by atoms with van der Waals surface area (Å²) in [6.45, 7) is 5.33. The van der Waals surface area contributed by atoms with Gasteiger partial charge in [-0.1, -0.05) is 18.5 Å². The molecule has 0 saturated carbocycles. The average Bonchev–Trinajstić information content (AvgIpc) is 2.37. The molecule has 1 saturated heterocycles. The molecule has 1 N–H and O–H groups in total. The standard InChI is InChI=1S/C14H20ClN3O2/c1-9-8-17(3)10(2)6-13(9)16-12-5-4-11(15)7-14(12)18(19)20/h4-5,7,9-10,13,16H,6,8H2,1-3H3. The summed E-state index contributed by atoms with van der Waals surface area (Å²) in [6, 6.07) is 5.47. The van der Waals surface area contributed by atoms with Crippen LogP contribution in [0.5, 0.6) is 0 Å². The number of nitrogens with zero attached hydrogens (tertiary/aromatic N) is 2. The van der Waals surface area contributed by atoms with Gasteiger partial charge in [-0.3, -0.25) is 10.1 Å². The minimum atomic E-state index is -0.392. The van der Waals surface area contributed by atoms with Crippen LogP contribution in [0.4, 0.5) is 11.4 Å². The molecule has 110 valence electrons. The zero-order chi connectivity index (χ0) is 14.9. The molecule has 1 fully saturated rings. The van der Waals surface area contributed by atoms with Gasteiger partial charge in [0.25, 0.3) is 5.69 Å². The predicted octanol–water partition coefficient (Wildman–Crippen LogP) is 3.39. The summed E-state index contributed by atoms with van der Waals surface area (Å²) >= 11 is 5.84. The Labute approximate surface area is 124 Å². The number of nitro groups is 1. The Bertz CT molecular complexity index is 509. The van der Waals surface area contributed by atoms with Crippen molar-refractivity contribution in [2.45, 2.75) is 32.4 Å². The first-order valence-electron chi connectivity index (χ1n) is 6.79. The summed E-state index contributed by atoms with van der Waals surface area (Å²) in [6.07, 6.45) is 0.970. The van der Waals surface area contributed by atoms with Gasteiger partial charge < -0.3 is 10.2 Å². The van der Waals surface area contributed by atoms with Crippen LogP contribution in [-0.4, -0.2) is 35.5 Å². The molecule has 1 aliphatic rings. The third-order valence-corrected chi connectivity index (χ3v) is 4.34. The van der Waals surface area contributed by atoms with Gasteiger partial charge in [0.2, 0.25) is 0 Å². The van der Waals surface area contributed by atoms with E-state index < -0.39 is 4.92 Å². The molecule has 0 aromatic heterocycles. The summed E-state index contributed by atoms with van der Waals surface area (Å²) < 4.78 is 0. The zero-order valence-corrected chi connectivity index (χ0v) is 12.7. The Morgan fingerprint density at radius 1 is 1.45 bits per heavy atom. The Morgan fingerprint density at radius 3 is 2.80 bits per heavy atom. The number of hydrogen-bond donors (Lipinski definition) is 1. The SMILES string of the molecule is CC1CN(C)C(C)CC1Nc1ccc(Cl)cc1[N+](=O)[O-]. The molecule has 1 aromatic carbocycles. The highest BCUT2D eigenvalue weighted by atomic mass is 35.5. The third kappa shape index (κ3) is 3.22. The number of nitrogens with one attached hydrogen (secondary N) is 1. The molecule has 20 heavy (non-hydrogen) atoms. The second-order valence-corrected chi connectivity index (χ2v) is 6.11. The van der Waals surface area contributed by atoms with Crippen LogP contribution >= 0.6 is 11.6 Å². The average molecular weight is 298 g/mol. The largest absolute Gasteiger partial charge is 0.376 e. The van der Waals surface area contributed by atoms with Gasteiger partial charge in [0.15, 0.2) is 0 Å². The van der Waals surface area contributed by atoms with Crippen LogP contribution < -0.4 is 5.32 Å². The smallest absolute Gasteiger partial charge is 0.293 e. The van der Waals surface area contributed by atoms with Crippen LogP contribution in [0.2, 0.25) is 5.02 Å². The van der Waals surface area contributed by atoms with Crippen molar-refractivity contribution in [3.8, 4) is 0 Å². The van der Waals surface area contributed by atoms with Crippen molar-refractivity contribution in [3.05, 3.63) is 33.3 Å². The molecule has 1 heterocycles. The van der Waals surface area contributed by atoms with Crippen LogP contribution in [0.25, 0.3) is 0 Å². The number of hydrogen-bond acceptors (Lipinski definition) is 4. The van der Waals surface area contributed by atoms with Crippen molar-refractivity contribution < 1.29 is 4.92 Å². The van der Waals surface area contributed by atoms with Gasteiger partial charge >= 0.3 is 0 Å². The maximum absolute atomic E-state index is 11.1. The van der Waals surface area contributed by atoms with Gasteiger partial charge in [0.05, 0.1) is 4.92 Å². The lowest BCUT2D eigenvalue weighted by Crippen LogP contribution is -2.48. The molecule has 0 aliphatic carbocycles. The van der Waals surface area contributed by atoms with E-state index >= 15 is 0 Å². The molecule has 6 heteroatoms. The summed E-state index contributed by atoms with van der Waals surface area (Å²) in [5, 5.41) is 14.8. The van der Waals surface area contributed by atoms with Gasteiger partial charge in [-0.2, -0.15) is 0 Å². The first-order valence-corrected chi connectivity index (χ1v) is 7.17. The molecule has 5 nitrogen and oxygen atoms in total. The highest BCUT2D eigenvalue weighted by Gasteiger charge is 2.30. The number of piperidine rings is 1. The maximum atomic E-state index is 11.1. The van der Waals surface area contributed by atoms with Gasteiger partial charge in [-0.25, -0.2) is 0 Å². The van der Waals surface area contributed by atoms with E-state index in [2.05, 4.69) is 31.1 Å². The van der Waals surface area contributed by atoms with Crippen molar-refractivity contribution in [1.82, 2.24) is 4.90 Å². The molecule has 1 aliphatic heterocycles. The van der Waals surface area contributed by atoms with Gasteiger partial charge in [0, 0.05) is 29.7 Å². The van der Waals surface area contributed by atoms with Crippen molar-refractivity contribution in [3.63, 3.8) is 0 Å². The summed E-state index contributed by atoms with van der Waals surface area (Å²) in [4.78, 5) is 13.0. The minimum absolute atomic E-state index is 0.0382. The molecule has 2 rings (SSSR count). The monoisotopic (exact) mass is 297 g/mol. The summed E-state index contributed by atoms with van der Waals surface area (Å²) in [5.41, 5.74) is 0.587. The van der Waals surface area contributed by atoms with Crippen LogP contribution in [0.1, 0.15) is 20.3 Å². The van der Waals surface area contributed by atoms with Gasteiger partial charge in [-0.05, 0) is 38.4 Å². The molecule has 3 atom stereocenters. The summed E-state index contributed by atoms with van der Waals surface area (Å²) in [7, 11) is 2.11. The van der Waals surface area contributed by atoms with E-state index in [9.17, 15) is 10.1 Å². The first kappa shape index (κ1) is 15.1. The van der Waals surface area contributed by atoms with Crippen LogP contribution in [0.3, 0.4) is 0 Å². The number of benzene rings is 1. The van der Waals surface area contributed by atoms with Crippen LogP contribution in [0, 0.1) is 16.0 Å². The van der Waals surface area contributed by atoms with E-state index in [1.54, 1.807) is 12.1 Å². The minimum Gasteiger partial charge on any atom is -0.376 e. The Balaban J connectivity index is 2.19. The number of likely N-dealkylation sites (tertiary alicyclic amines) is 1.